The lowest BCUT2D eigenvalue weighted by Crippen LogP contribution is -2.48. The Labute approximate surface area is 157 Å². The van der Waals surface area contributed by atoms with Gasteiger partial charge < -0.3 is 4.90 Å². The number of amides is 1. The number of benzene rings is 2. The first kappa shape index (κ1) is 18.7. The Morgan fingerprint density at radius 3 is 2.12 bits per heavy atom. The summed E-state index contributed by atoms with van der Waals surface area (Å²) in [7, 11) is 0. The maximum atomic E-state index is 12.6. The third kappa shape index (κ3) is 4.16. The molecule has 0 spiro atoms. The van der Waals surface area contributed by atoms with Gasteiger partial charge >= 0.3 is 0 Å². The number of nitrogens with zero attached hydrogens (tertiary/aromatic N) is 2. The number of likely N-dealkylation sites (tertiary alicyclic amines) is 1. The summed E-state index contributed by atoms with van der Waals surface area (Å²) < 4.78 is 0. The van der Waals surface area contributed by atoms with E-state index in [0.717, 1.165) is 38.0 Å². The highest BCUT2D eigenvalue weighted by molar-refractivity contribution is 5.93. The molecule has 0 radical (unpaired) electrons. The van der Waals surface area contributed by atoms with Gasteiger partial charge in [-0.25, -0.2) is 0 Å². The minimum absolute atomic E-state index is 0.227. The van der Waals surface area contributed by atoms with Crippen LogP contribution in [-0.4, -0.2) is 29.9 Å². The van der Waals surface area contributed by atoms with E-state index in [1.165, 1.54) is 5.56 Å². The van der Waals surface area contributed by atoms with Crippen LogP contribution in [0.25, 0.3) is 0 Å². The highest BCUT2D eigenvalue weighted by Gasteiger charge is 2.30. The second-order valence-corrected chi connectivity index (χ2v) is 7.05. The fourth-order valence-electron chi connectivity index (χ4n) is 4.15. The normalized spacial score (nSPS) is 17.0. The number of carbonyl (C=O) groups is 1. The summed E-state index contributed by atoms with van der Waals surface area (Å²) in [5.74, 6) is 0.227. The van der Waals surface area contributed by atoms with Gasteiger partial charge in [-0.3, -0.25) is 9.69 Å². The molecule has 1 atom stereocenters. The minimum atomic E-state index is 0.227. The van der Waals surface area contributed by atoms with E-state index in [2.05, 4.69) is 54.3 Å². The van der Waals surface area contributed by atoms with Crippen LogP contribution in [0.1, 0.15) is 51.1 Å². The van der Waals surface area contributed by atoms with Crippen molar-refractivity contribution in [2.75, 3.05) is 18.0 Å². The highest BCUT2D eigenvalue weighted by Crippen LogP contribution is 2.30. The summed E-state index contributed by atoms with van der Waals surface area (Å²) >= 11 is 0. The van der Waals surface area contributed by atoms with Gasteiger partial charge in [-0.15, -0.1) is 0 Å². The first-order valence-electron chi connectivity index (χ1n) is 9.90. The molecular formula is C23H30N2O. The third-order valence-electron chi connectivity index (χ3n) is 5.48. The van der Waals surface area contributed by atoms with Crippen molar-refractivity contribution in [3.63, 3.8) is 0 Å². The molecule has 1 aliphatic heterocycles. The van der Waals surface area contributed by atoms with Crippen LogP contribution in [0, 0.1) is 0 Å². The summed E-state index contributed by atoms with van der Waals surface area (Å²) in [5.41, 5.74) is 2.44. The number of hydrogen-bond donors (Lipinski definition) is 0. The molecule has 3 rings (SSSR count). The van der Waals surface area contributed by atoms with Gasteiger partial charge in [0.25, 0.3) is 0 Å². The van der Waals surface area contributed by atoms with Crippen molar-refractivity contribution >= 4 is 11.6 Å². The number of piperidine rings is 1. The lowest BCUT2D eigenvalue weighted by Gasteiger charge is -2.41. The van der Waals surface area contributed by atoms with E-state index in [-0.39, 0.29) is 5.91 Å². The molecule has 0 N–H and O–H groups in total. The van der Waals surface area contributed by atoms with E-state index in [4.69, 9.17) is 0 Å². The molecule has 3 nitrogen and oxygen atoms in total. The Bertz CT molecular complexity index is 678. The van der Waals surface area contributed by atoms with Crippen LogP contribution < -0.4 is 4.90 Å². The Balaban J connectivity index is 1.71. The Kier molecular flexibility index (Phi) is 6.45. The van der Waals surface area contributed by atoms with Crippen LogP contribution in [0.3, 0.4) is 0 Å². The predicted molar refractivity (Wildman–Crippen MR) is 108 cm³/mol. The number of carbonyl (C=O) groups excluding carboxylic acids is 1. The van der Waals surface area contributed by atoms with Crippen LogP contribution in [-0.2, 0) is 4.79 Å². The van der Waals surface area contributed by atoms with Crippen molar-refractivity contribution in [3.05, 3.63) is 66.2 Å². The molecule has 1 saturated heterocycles. The molecule has 2 aromatic carbocycles. The number of rotatable bonds is 6. The van der Waals surface area contributed by atoms with E-state index in [0.29, 0.717) is 18.5 Å². The van der Waals surface area contributed by atoms with Gasteiger partial charge in [0.1, 0.15) is 0 Å². The number of para-hydroxylation sites is 1. The van der Waals surface area contributed by atoms with Crippen LogP contribution in [0.5, 0.6) is 0 Å². The van der Waals surface area contributed by atoms with Gasteiger partial charge in [0, 0.05) is 37.3 Å². The van der Waals surface area contributed by atoms with Crippen molar-refractivity contribution < 1.29 is 4.79 Å². The van der Waals surface area contributed by atoms with Crippen molar-refractivity contribution in [1.29, 1.82) is 0 Å². The van der Waals surface area contributed by atoms with E-state index < -0.39 is 0 Å². The first-order chi connectivity index (χ1) is 12.7. The fourth-order valence-corrected chi connectivity index (χ4v) is 4.15. The molecular weight excluding hydrogens is 320 g/mol. The Morgan fingerprint density at radius 1 is 1.00 bits per heavy atom. The van der Waals surface area contributed by atoms with Gasteiger partial charge in [-0.05, 0) is 37.0 Å². The van der Waals surface area contributed by atoms with Gasteiger partial charge in [-0.1, -0.05) is 62.4 Å². The average molecular weight is 351 g/mol. The standard InChI is InChI=1S/C23H30N2O/c1-3-22(19-11-7-5-8-12-19)24-17-15-21(16-18-24)25(23(26)4-2)20-13-9-6-10-14-20/h5-14,21-22H,3-4,15-18H2,1-2H3. The molecule has 1 fully saturated rings. The summed E-state index contributed by atoms with van der Waals surface area (Å²) in [6, 6.07) is 21.7. The molecule has 1 unspecified atom stereocenters. The Morgan fingerprint density at radius 2 is 1.58 bits per heavy atom. The summed E-state index contributed by atoms with van der Waals surface area (Å²) in [6.07, 6.45) is 3.73. The van der Waals surface area contributed by atoms with Crippen LogP contribution in [0.4, 0.5) is 5.69 Å². The molecule has 0 bridgehead atoms. The van der Waals surface area contributed by atoms with Gasteiger partial charge in [0.05, 0.1) is 0 Å². The quantitative estimate of drug-likeness (QED) is 0.728. The second kappa shape index (κ2) is 9.00. The Hall–Kier alpha value is -2.13. The molecule has 0 aromatic heterocycles. The SMILES string of the molecule is CCC(=O)N(c1ccccc1)C1CCN(C(CC)c2ccccc2)CC1. The van der Waals surface area contributed by atoms with Crippen molar-refractivity contribution in [1.82, 2.24) is 4.90 Å². The molecule has 1 aliphatic rings. The maximum Gasteiger partial charge on any atom is 0.226 e. The molecule has 0 aliphatic carbocycles. The number of anilines is 1. The second-order valence-electron chi connectivity index (χ2n) is 7.05. The molecule has 3 heteroatoms. The van der Waals surface area contributed by atoms with E-state index in [1.54, 1.807) is 0 Å². The van der Waals surface area contributed by atoms with Gasteiger partial charge in [0.2, 0.25) is 5.91 Å². The summed E-state index contributed by atoms with van der Waals surface area (Å²) in [4.78, 5) is 17.2. The fraction of sp³-hybridized carbons (Fsp3) is 0.435. The molecule has 2 aromatic rings. The van der Waals surface area contributed by atoms with E-state index in [1.807, 2.05) is 30.0 Å². The zero-order valence-corrected chi connectivity index (χ0v) is 16.0. The minimum Gasteiger partial charge on any atom is -0.309 e. The molecule has 138 valence electrons. The molecule has 1 heterocycles. The molecule has 0 saturated carbocycles. The predicted octanol–water partition coefficient (Wildman–Crippen LogP) is 5.05. The van der Waals surface area contributed by atoms with Crippen LogP contribution >= 0.6 is 0 Å². The largest absolute Gasteiger partial charge is 0.309 e. The summed E-state index contributed by atoms with van der Waals surface area (Å²) in [6.45, 7) is 6.30. The number of hydrogen-bond acceptors (Lipinski definition) is 2. The maximum absolute atomic E-state index is 12.6. The summed E-state index contributed by atoms with van der Waals surface area (Å²) in [5, 5.41) is 0. The van der Waals surface area contributed by atoms with Crippen LogP contribution in [0.2, 0.25) is 0 Å². The smallest absolute Gasteiger partial charge is 0.226 e. The zero-order chi connectivity index (χ0) is 18.4. The van der Waals surface area contributed by atoms with Crippen molar-refractivity contribution in [3.8, 4) is 0 Å². The van der Waals surface area contributed by atoms with Gasteiger partial charge in [-0.2, -0.15) is 0 Å². The third-order valence-corrected chi connectivity index (χ3v) is 5.48. The molecule has 1 amide bonds. The lowest BCUT2D eigenvalue weighted by atomic mass is 9.96. The van der Waals surface area contributed by atoms with Crippen LogP contribution in [0.15, 0.2) is 60.7 Å². The monoisotopic (exact) mass is 350 g/mol. The van der Waals surface area contributed by atoms with Gasteiger partial charge in [0.15, 0.2) is 0 Å². The average Bonchev–Trinajstić information content (AvgIpc) is 2.71. The lowest BCUT2D eigenvalue weighted by molar-refractivity contribution is -0.119. The molecule has 26 heavy (non-hydrogen) atoms. The van der Waals surface area contributed by atoms with E-state index >= 15 is 0 Å². The van der Waals surface area contributed by atoms with E-state index in [9.17, 15) is 4.79 Å². The zero-order valence-electron chi connectivity index (χ0n) is 16.0. The van der Waals surface area contributed by atoms with Crippen molar-refractivity contribution in [2.45, 2.75) is 51.6 Å². The first-order valence-corrected chi connectivity index (χ1v) is 9.90. The topological polar surface area (TPSA) is 23.6 Å². The van der Waals surface area contributed by atoms with Crippen molar-refractivity contribution in [2.24, 2.45) is 0 Å². The highest BCUT2D eigenvalue weighted by atomic mass is 16.2.